The lowest BCUT2D eigenvalue weighted by Gasteiger charge is -2.31. The first kappa shape index (κ1) is 52.5. The number of benzene rings is 13. The molecule has 0 bridgehead atoms. The summed E-state index contributed by atoms with van der Waals surface area (Å²) in [4.78, 5) is 0. The molecule has 0 radical (unpaired) electrons. The normalized spacial score (nSPS) is 14.6. The summed E-state index contributed by atoms with van der Waals surface area (Å²) in [5.74, 6) is 0. The SMILES string of the molecule is CC1(C)c2ccc(-c3ccc4sc5ccc(-c6ccccc6)cc5c4c3)cc2-c2c1c1c(c3c2C(C)(C)c2ccc(-c4ccc5sc6ccc(-c7ccccc7)cc6c5c4)cc2-3)C(C)(C)c2ccc(-c3ccc4sc5ccc(-c6ccccc6)cc5c4c3)cc2-1. The fourth-order valence-electron chi connectivity index (χ4n) is 16.6. The summed E-state index contributed by atoms with van der Waals surface area (Å²) in [6.07, 6.45) is 0. The van der Waals surface area contributed by atoms with Crippen molar-refractivity contribution in [2.24, 2.45) is 0 Å². The second-order valence-corrected chi connectivity index (χ2v) is 30.3. The number of hydrogen-bond acceptors (Lipinski definition) is 3. The summed E-state index contributed by atoms with van der Waals surface area (Å²) in [5.41, 5.74) is 31.1. The fourth-order valence-corrected chi connectivity index (χ4v) is 19.8. The number of hydrogen-bond donors (Lipinski definition) is 0. The minimum Gasteiger partial charge on any atom is -0.135 e. The van der Waals surface area contributed by atoms with Crippen LogP contribution >= 0.6 is 34.0 Å². The lowest BCUT2D eigenvalue weighted by Crippen LogP contribution is -2.22. The molecule has 16 aromatic rings. The lowest BCUT2D eigenvalue weighted by atomic mass is 9.71. The molecule has 0 amide bonds. The van der Waals surface area contributed by atoms with Gasteiger partial charge in [0.25, 0.3) is 0 Å². The molecule has 13 aromatic carbocycles. The van der Waals surface area contributed by atoms with Gasteiger partial charge in [0.1, 0.15) is 0 Å². The van der Waals surface area contributed by atoms with E-state index in [0.717, 1.165) is 0 Å². The molecule has 0 nitrogen and oxygen atoms in total. The van der Waals surface area contributed by atoms with E-state index in [1.54, 1.807) is 0 Å². The zero-order valence-electron chi connectivity index (χ0n) is 51.0. The van der Waals surface area contributed by atoms with Crippen molar-refractivity contribution < 1.29 is 0 Å². The van der Waals surface area contributed by atoms with Crippen molar-refractivity contribution >= 4 is 94.5 Å². The predicted octanol–water partition coefficient (Wildman–Crippen LogP) is 25.7. The Hall–Kier alpha value is -9.48. The van der Waals surface area contributed by atoms with E-state index in [4.69, 9.17) is 0 Å². The Bertz CT molecular complexity index is 5190. The molecule has 0 atom stereocenters. The van der Waals surface area contributed by atoms with Gasteiger partial charge in [0.05, 0.1) is 0 Å². The molecular weight excluding hydrogens is 1140 g/mol. The number of thiophene rings is 3. The lowest BCUT2D eigenvalue weighted by molar-refractivity contribution is 0.636. The van der Waals surface area contributed by atoms with Gasteiger partial charge in [-0.2, -0.15) is 0 Å². The first-order chi connectivity index (χ1) is 43.8. The Morgan fingerprint density at radius 1 is 0.200 bits per heavy atom. The van der Waals surface area contributed by atoms with Crippen molar-refractivity contribution in [3.63, 3.8) is 0 Å². The monoisotopic (exact) mass is 1200 g/mol. The van der Waals surface area contributed by atoms with E-state index in [9.17, 15) is 0 Å². The van der Waals surface area contributed by atoms with E-state index in [1.807, 2.05) is 34.0 Å². The molecule has 3 heteroatoms. The maximum Gasteiger partial charge on any atom is 0.0355 e. The average molecular weight is 1200 g/mol. The van der Waals surface area contributed by atoms with Gasteiger partial charge in [-0.1, -0.05) is 205 Å². The van der Waals surface area contributed by atoms with E-state index < -0.39 is 0 Å². The standard InChI is InChI=1S/C87H60S3/c1-85(2)70-31-22-55(58-28-37-76-64(43-58)61-40-52(25-34-73(61)88-76)49-16-10-7-11-17-49)46-67(70)79-82(85)80-68-47-56(59-29-38-77-65(44-59)62-41-53(26-35-74(62)89-77)50-18-12-8-13-19-50)23-32-71(68)86(3,4)84(80)81-69-48-57(24-33-72(69)87(5,6)83(79)81)60-30-39-78-66(45-60)63-42-54(27-36-75(63)90-78)51-20-14-9-15-21-51/h7-48H,1-6H3. The maximum atomic E-state index is 2.58. The van der Waals surface area contributed by atoms with Gasteiger partial charge < -0.3 is 0 Å². The quantitative estimate of drug-likeness (QED) is 0.156. The molecule has 0 unspecified atom stereocenters. The zero-order chi connectivity index (χ0) is 60.1. The van der Waals surface area contributed by atoms with Crippen LogP contribution in [0.15, 0.2) is 255 Å². The van der Waals surface area contributed by atoms with E-state index >= 15 is 0 Å². The second-order valence-electron chi connectivity index (χ2n) is 27.1. The van der Waals surface area contributed by atoms with E-state index in [2.05, 4.69) is 296 Å². The van der Waals surface area contributed by atoms with Crippen molar-refractivity contribution in [2.45, 2.75) is 57.8 Å². The van der Waals surface area contributed by atoms with Gasteiger partial charge in [0.2, 0.25) is 0 Å². The largest absolute Gasteiger partial charge is 0.135 e. The fraction of sp³-hybridized carbons (Fsp3) is 0.103. The summed E-state index contributed by atoms with van der Waals surface area (Å²) in [6, 6.07) is 97.5. The Balaban J connectivity index is 0.825. The predicted molar refractivity (Wildman–Crippen MR) is 390 cm³/mol. The molecule has 19 rings (SSSR count). The van der Waals surface area contributed by atoms with Crippen LogP contribution in [0.5, 0.6) is 0 Å². The van der Waals surface area contributed by atoms with Crippen molar-refractivity contribution in [1.29, 1.82) is 0 Å². The van der Waals surface area contributed by atoms with Crippen LogP contribution in [0.3, 0.4) is 0 Å². The third kappa shape index (κ3) is 7.46. The minimum atomic E-state index is -0.308. The highest BCUT2D eigenvalue weighted by atomic mass is 32.1. The van der Waals surface area contributed by atoms with Crippen LogP contribution in [0, 0.1) is 0 Å². The van der Waals surface area contributed by atoms with Crippen LogP contribution in [0.25, 0.3) is 161 Å². The van der Waals surface area contributed by atoms with Crippen molar-refractivity contribution in [3.05, 3.63) is 288 Å². The maximum absolute atomic E-state index is 2.58. The molecule has 0 spiro atoms. The summed E-state index contributed by atoms with van der Waals surface area (Å²) in [7, 11) is 0. The first-order valence-corrected chi connectivity index (χ1v) is 34.0. The van der Waals surface area contributed by atoms with Crippen molar-refractivity contribution in [3.8, 4) is 100 Å². The Morgan fingerprint density at radius 3 is 0.633 bits per heavy atom. The molecule has 0 N–H and O–H groups in total. The molecule has 3 aliphatic rings. The molecule has 0 aliphatic heterocycles. The zero-order valence-corrected chi connectivity index (χ0v) is 53.4. The van der Waals surface area contributed by atoms with Gasteiger partial charge in [-0.3, -0.25) is 0 Å². The van der Waals surface area contributed by atoms with Crippen LogP contribution in [0.2, 0.25) is 0 Å². The molecule has 3 heterocycles. The highest BCUT2D eigenvalue weighted by molar-refractivity contribution is 7.26. The third-order valence-corrected chi connectivity index (χ3v) is 24.4. The summed E-state index contributed by atoms with van der Waals surface area (Å²) < 4.78 is 7.93. The van der Waals surface area contributed by atoms with E-state index in [0.29, 0.717) is 0 Å². The van der Waals surface area contributed by atoms with Gasteiger partial charge in [-0.15, -0.1) is 34.0 Å². The van der Waals surface area contributed by atoms with Crippen molar-refractivity contribution in [1.82, 2.24) is 0 Å². The van der Waals surface area contributed by atoms with Gasteiger partial charge in [0, 0.05) is 76.8 Å². The third-order valence-electron chi connectivity index (χ3n) is 21.0. The molecule has 0 saturated heterocycles. The highest BCUT2D eigenvalue weighted by Gasteiger charge is 2.52. The van der Waals surface area contributed by atoms with Crippen LogP contribution in [-0.4, -0.2) is 0 Å². The van der Waals surface area contributed by atoms with E-state index in [1.165, 1.54) is 194 Å². The van der Waals surface area contributed by atoms with Gasteiger partial charge >= 0.3 is 0 Å². The Labute approximate surface area is 536 Å². The smallest absolute Gasteiger partial charge is 0.0355 e. The summed E-state index contributed by atoms with van der Waals surface area (Å²) in [5, 5.41) is 7.91. The van der Waals surface area contributed by atoms with Gasteiger partial charge in [0.15, 0.2) is 0 Å². The first-order valence-electron chi connectivity index (χ1n) is 31.6. The number of fused-ring (bicyclic) bond motifs is 21. The molecule has 3 aromatic heterocycles. The highest BCUT2D eigenvalue weighted by Crippen LogP contribution is 2.68. The minimum absolute atomic E-state index is 0.308. The summed E-state index contributed by atoms with van der Waals surface area (Å²) >= 11 is 5.68. The molecule has 90 heavy (non-hydrogen) atoms. The van der Waals surface area contributed by atoms with Crippen LogP contribution in [-0.2, 0) is 16.2 Å². The molecular formula is C87H60S3. The van der Waals surface area contributed by atoms with Gasteiger partial charge in [-0.25, -0.2) is 0 Å². The van der Waals surface area contributed by atoms with Crippen LogP contribution < -0.4 is 0 Å². The second kappa shape index (κ2) is 18.8. The molecule has 0 fully saturated rings. The molecule has 0 saturated carbocycles. The molecule has 3 aliphatic carbocycles. The van der Waals surface area contributed by atoms with Gasteiger partial charge in [-0.05, 0) is 225 Å². The average Bonchev–Trinajstić information content (AvgIpc) is 1.49. The van der Waals surface area contributed by atoms with Crippen LogP contribution in [0.4, 0.5) is 0 Å². The molecule has 426 valence electrons. The Morgan fingerprint density at radius 2 is 0.400 bits per heavy atom. The number of rotatable bonds is 6. The summed E-state index contributed by atoms with van der Waals surface area (Å²) in [6.45, 7) is 15.1. The Kier molecular flexibility index (Phi) is 11.0. The van der Waals surface area contributed by atoms with Crippen LogP contribution in [0.1, 0.15) is 74.9 Å². The van der Waals surface area contributed by atoms with Crippen molar-refractivity contribution in [2.75, 3.05) is 0 Å². The van der Waals surface area contributed by atoms with E-state index in [-0.39, 0.29) is 16.2 Å². The topological polar surface area (TPSA) is 0 Å².